The van der Waals surface area contributed by atoms with Crippen molar-refractivity contribution in [1.82, 2.24) is 0 Å². The Morgan fingerprint density at radius 3 is 2.29 bits per heavy atom. The van der Waals surface area contributed by atoms with Crippen molar-refractivity contribution < 1.29 is 29.3 Å². The minimum atomic E-state index is -0.923. The number of aromatic hydroxyl groups is 1. The third kappa shape index (κ3) is 4.20. The first-order chi connectivity index (χ1) is 16.5. The molecule has 1 saturated heterocycles. The molecule has 0 spiro atoms. The lowest BCUT2D eigenvalue weighted by Crippen LogP contribution is -2.29. The van der Waals surface area contributed by atoms with Gasteiger partial charge < -0.3 is 19.7 Å². The number of carbonyl (C=O) groups excluding carboxylic acids is 2. The van der Waals surface area contributed by atoms with Gasteiger partial charge in [0, 0.05) is 5.56 Å². The fourth-order valence-electron chi connectivity index (χ4n) is 3.97. The lowest BCUT2D eigenvalue weighted by molar-refractivity contribution is -0.132. The number of carbonyl (C=O) groups is 2. The summed E-state index contributed by atoms with van der Waals surface area (Å²) in [5.41, 5.74) is 1.27. The number of phenolic OH excluding ortho intramolecular Hbond substituents is 1. The normalized spacial score (nSPS) is 17.1. The van der Waals surface area contributed by atoms with Gasteiger partial charge in [0.1, 0.15) is 23.0 Å². The molecule has 1 fully saturated rings. The molecule has 1 unspecified atom stereocenters. The molecule has 0 aliphatic carbocycles. The van der Waals surface area contributed by atoms with Gasteiger partial charge in [0.15, 0.2) is 0 Å². The summed E-state index contributed by atoms with van der Waals surface area (Å²) < 4.78 is 11.0. The van der Waals surface area contributed by atoms with Gasteiger partial charge in [-0.1, -0.05) is 31.2 Å². The number of hydrogen-bond acceptors (Lipinski definition) is 6. The van der Waals surface area contributed by atoms with Gasteiger partial charge in [-0.2, -0.15) is 0 Å². The Balaban J connectivity index is 1.87. The Bertz CT molecular complexity index is 1230. The topological polar surface area (TPSA) is 96.3 Å². The lowest BCUT2D eigenvalue weighted by atomic mass is 9.95. The average Bonchev–Trinajstić information content (AvgIpc) is 3.13. The fourth-order valence-corrected chi connectivity index (χ4v) is 3.97. The van der Waals surface area contributed by atoms with E-state index in [1.807, 2.05) is 6.92 Å². The van der Waals surface area contributed by atoms with E-state index in [0.29, 0.717) is 34.9 Å². The number of para-hydroxylation sites is 2. The highest BCUT2D eigenvalue weighted by molar-refractivity contribution is 6.51. The summed E-state index contributed by atoms with van der Waals surface area (Å²) in [6, 6.07) is 18.8. The van der Waals surface area contributed by atoms with Crippen LogP contribution in [0.5, 0.6) is 17.2 Å². The van der Waals surface area contributed by atoms with Gasteiger partial charge >= 0.3 is 0 Å². The molecule has 7 nitrogen and oxygen atoms in total. The van der Waals surface area contributed by atoms with Crippen LogP contribution in [-0.2, 0) is 9.59 Å². The summed E-state index contributed by atoms with van der Waals surface area (Å²) in [4.78, 5) is 27.8. The molecule has 4 rings (SSSR count). The van der Waals surface area contributed by atoms with Crippen LogP contribution < -0.4 is 14.4 Å². The van der Waals surface area contributed by atoms with Gasteiger partial charge in [-0.25, -0.2) is 0 Å². The number of ketones is 1. The number of anilines is 1. The molecule has 1 aliphatic heterocycles. The van der Waals surface area contributed by atoms with Crippen molar-refractivity contribution in [1.29, 1.82) is 0 Å². The molecule has 3 aromatic rings. The molecular formula is C27H25NO6. The number of phenols is 1. The third-order valence-electron chi connectivity index (χ3n) is 5.60. The molecule has 2 N–H and O–H groups in total. The van der Waals surface area contributed by atoms with Crippen LogP contribution in [-0.4, -0.2) is 35.6 Å². The third-order valence-corrected chi connectivity index (χ3v) is 5.60. The van der Waals surface area contributed by atoms with E-state index in [2.05, 4.69) is 0 Å². The van der Waals surface area contributed by atoms with Crippen molar-refractivity contribution in [3.63, 3.8) is 0 Å². The first kappa shape index (κ1) is 22.9. The number of Topliss-reactive ketones (excluding diaryl/α,β-unsaturated/α-hetero) is 1. The molecule has 0 bridgehead atoms. The maximum atomic E-state index is 13.2. The van der Waals surface area contributed by atoms with Crippen LogP contribution >= 0.6 is 0 Å². The number of aliphatic hydroxyl groups is 1. The molecule has 1 heterocycles. The fraction of sp³-hybridized carbons (Fsp3) is 0.185. The highest BCUT2D eigenvalue weighted by Crippen LogP contribution is 2.45. The van der Waals surface area contributed by atoms with Gasteiger partial charge in [-0.3, -0.25) is 14.5 Å². The van der Waals surface area contributed by atoms with Gasteiger partial charge in [0.05, 0.1) is 31.0 Å². The number of methoxy groups -OCH3 is 1. The maximum absolute atomic E-state index is 13.2. The standard InChI is InChI=1S/C27H25NO6/c1-3-16-34-20-14-10-18(11-15-20)25(30)23-24(17-8-12-19(29)13-9-17)28(27(32)26(23)31)21-6-4-5-7-22(21)33-2/h4-15,24,29-30H,3,16H2,1-2H3/b25-23+. The summed E-state index contributed by atoms with van der Waals surface area (Å²) in [7, 11) is 1.48. The second-order valence-corrected chi connectivity index (χ2v) is 7.81. The van der Waals surface area contributed by atoms with Crippen LogP contribution in [0.25, 0.3) is 5.76 Å². The van der Waals surface area contributed by atoms with E-state index in [1.54, 1.807) is 60.7 Å². The van der Waals surface area contributed by atoms with Crippen LogP contribution in [0.4, 0.5) is 5.69 Å². The van der Waals surface area contributed by atoms with Crippen molar-refractivity contribution in [2.24, 2.45) is 0 Å². The SMILES string of the molecule is CCCOc1ccc(/C(O)=C2\C(=O)C(=O)N(c3ccccc3OC)C2c2ccc(O)cc2)cc1. The van der Waals surface area contributed by atoms with Crippen molar-refractivity contribution in [2.45, 2.75) is 19.4 Å². The zero-order chi connectivity index (χ0) is 24.2. The molecule has 1 amide bonds. The lowest BCUT2D eigenvalue weighted by Gasteiger charge is -2.26. The number of benzene rings is 3. The second-order valence-electron chi connectivity index (χ2n) is 7.81. The summed E-state index contributed by atoms with van der Waals surface area (Å²) in [5.74, 6) is -0.801. The molecule has 0 saturated carbocycles. The zero-order valence-corrected chi connectivity index (χ0v) is 18.9. The first-order valence-corrected chi connectivity index (χ1v) is 10.9. The van der Waals surface area contributed by atoms with Crippen LogP contribution in [0, 0.1) is 0 Å². The Hall–Kier alpha value is -4.26. The quantitative estimate of drug-likeness (QED) is 0.299. The number of amides is 1. The molecule has 7 heteroatoms. The van der Waals surface area contributed by atoms with E-state index in [1.165, 1.54) is 24.1 Å². The Morgan fingerprint density at radius 2 is 1.65 bits per heavy atom. The largest absolute Gasteiger partial charge is 0.508 e. The van der Waals surface area contributed by atoms with Crippen LogP contribution in [0.1, 0.15) is 30.5 Å². The van der Waals surface area contributed by atoms with Crippen molar-refractivity contribution in [3.8, 4) is 17.2 Å². The molecule has 34 heavy (non-hydrogen) atoms. The highest BCUT2D eigenvalue weighted by atomic mass is 16.5. The predicted octanol–water partition coefficient (Wildman–Crippen LogP) is 4.82. The number of ether oxygens (including phenoxy) is 2. The summed E-state index contributed by atoms with van der Waals surface area (Å²) in [6.07, 6.45) is 0.862. The van der Waals surface area contributed by atoms with Crippen LogP contribution in [0.3, 0.4) is 0 Å². The Labute approximate surface area is 197 Å². The van der Waals surface area contributed by atoms with Crippen molar-refractivity contribution >= 4 is 23.1 Å². The minimum absolute atomic E-state index is 0.0423. The molecule has 0 radical (unpaired) electrons. The molecular weight excluding hydrogens is 434 g/mol. The monoisotopic (exact) mass is 459 g/mol. The molecule has 1 atom stereocenters. The zero-order valence-electron chi connectivity index (χ0n) is 18.9. The summed E-state index contributed by atoms with van der Waals surface area (Å²) >= 11 is 0. The van der Waals surface area contributed by atoms with Gasteiger partial charge in [-0.05, 0) is 60.5 Å². The number of nitrogens with zero attached hydrogens (tertiary/aromatic N) is 1. The van der Waals surface area contributed by atoms with E-state index in [0.717, 1.165) is 6.42 Å². The van der Waals surface area contributed by atoms with Crippen molar-refractivity contribution in [2.75, 3.05) is 18.6 Å². The maximum Gasteiger partial charge on any atom is 0.300 e. The van der Waals surface area contributed by atoms with E-state index >= 15 is 0 Å². The number of rotatable bonds is 7. The van der Waals surface area contributed by atoms with Gasteiger partial charge in [-0.15, -0.1) is 0 Å². The van der Waals surface area contributed by atoms with Gasteiger partial charge in [0.2, 0.25) is 0 Å². The summed E-state index contributed by atoms with van der Waals surface area (Å²) in [5, 5.41) is 21.0. The average molecular weight is 459 g/mol. The summed E-state index contributed by atoms with van der Waals surface area (Å²) in [6.45, 7) is 2.57. The van der Waals surface area contributed by atoms with E-state index in [9.17, 15) is 19.8 Å². The van der Waals surface area contributed by atoms with Crippen molar-refractivity contribution in [3.05, 3.63) is 89.5 Å². The molecule has 0 aromatic heterocycles. The van der Waals surface area contributed by atoms with Crippen LogP contribution in [0.15, 0.2) is 78.4 Å². The Morgan fingerprint density at radius 1 is 0.971 bits per heavy atom. The smallest absolute Gasteiger partial charge is 0.300 e. The van der Waals surface area contributed by atoms with E-state index in [4.69, 9.17) is 9.47 Å². The number of aliphatic hydroxyl groups excluding tert-OH is 1. The molecule has 1 aliphatic rings. The van der Waals surface area contributed by atoms with Gasteiger partial charge in [0.25, 0.3) is 11.7 Å². The first-order valence-electron chi connectivity index (χ1n) is 10.9. The second kappa shape index (κ2) is 9.70. The minimum Gasteiger partial charge on any atom is -0.508 e. The Kier molecular flexibility index (Phi) is 6.54. The molecule has 174 valence electrons. The predicted molar refractivity (Wildman–Crippen MR) is 128 cm³/mol. The number of hydrogen-bond donors (Lipinski definition) is 2. The van der Waals surface area contributed by atoms with E-state index < -0.39 is 17.7 Å². The molecule has 3 aromatic carbocycles. The van der Waals surface area contributed by atoms with Crippen LogP contribution in [0.2, 0.25) is 0 Å². The highest BCUT2D eigenvalue weighted by Gasteiger charge is 2.47. The van der Waals surface area contributed by atoms with E-state index in [-0.39, 0.29) is 17.1 Å².